The van der Waals surface area contributed by atoms with Crippen molar-refractivity contribution >= 4 is 35.7 Å². The number of rotatable bonds is 13. The van der Waals surface area contributed by atoms with Crippen molar-refractivity contribution in [3.8, 4) is 0 Å². The molecule has 0 aromatic heterocycles. The number of amides is 2. The van der Waals surface area contributed by atoms with Crippen LogP contribution in [0.2, 0.25) is 0 Å². The van der Waals surface area contributed by atoms with Crippen LogP contribution in [0.25, 0.3) is 0 Å². The number of carboxylic acids is 1. The third-order valence-corrected chi connectivity index (χ3v) is 18.7. The number of fused-ring (bicyclic) bond motifs is 14. The van der Waals surface area contributed by atoms with E-state index in [1.54, 1.807) is 11.8 Å². The molecule has 14 heteroatoms. The van der Waals surface area contributed by atoms with Gasteiger partial charge in [-0.05, 0) is 132 Å². The molecule has 10 fully saturated rings. The van der Waals surface area contributed by atoms with Gasteiger partial charge in [0.15, 0.2) is 0 Å². The molecule has 10 rings (SSSR count). The molecule has 7 saturated carbocycles. The van der Waals surface area contributed by atoms with Gasteiger partial charge in [-0.25, -0.2) is 0 Å². The Morgan fingerprint density at radius 2 is 1.05 bits per heavy atom. The number of carboxylic acid groups (broad SMARTS) is 1. The van der Waals surface area contributed by atoms with E-state index in [9.17, 15) is 28.8 Å². The Labute approximate surface area is 471 Å². The highest BCUT2D eigenvalue weighted by molar-refractivity contribution is 6.05. The summed E-state index contributed by atoms with van der Waals surface area (Å²) in [4.78, 5) is 70.3. The number of hydrogen-bond donors (Lipinski definition) is 2. The molecule has 0 spiro atoms. The number of hydrogen-bond acceptors (Lipinski definition) is 12. The second-order valence-electron chi connectivity index (χ2n) is 23.3. The first-order valence-corrected chi connectivity index (χ1v) is 27.3. The van der Waals surface area contributed by atoms with Crippen LogP contribution < -0.4 is 0 Å². The van der Waals surface area contributed by atoms with E-state index in [4.69, 9.17) is 33.9 Å². The second-order valence-corrected chi connectivity index (χ2v) is 23.3. The topological polar surface area (TPSA) is 199 Å². The van der Waals surface area contributed by atoms with Gasteiger partial charge in [0.2, 0.25) is 11.8 Å². The number of epoxide rings is 2. The number of esters is 3. The second kappa shape index (κ2) is 33.6. The predicted octanol–water partition coefficient (Wildman–Crippen LogP) is 13.9. The number of aliphatic carboxylic acids is 1. The van der Waals surface area contributed by atoms with Crippen molar-refractivity contribution in [1.82, 2.24) is 4.90 Å². The molecule has 7 aliphatic carbocycles. The molecule has 19 unspecified atom stereocenters. The number of nitrogens with zero attached hydrogens (tertiary/aromatic N) is 1. The molecule has 0 radical (unpaired) electrons. The number of ether oxygens (including phenoxy) is 5. The summed E-state index contributed by atoms with van der Waals surface area (Å²) in [5.74, 6) is 4.92. The number of likely N-dealkylation sites (tertiary alicyclic amines) is 1. The molecule has 14 nitrogen and oxygen atoms in total. The normalized spacial score (nSPS) is 34.2. The minimum atomic E-state index is -0.706. The summed E-state index contributed by atoms with van der Waals surface area (Å²) < 4.78 is 27.7. The third-order valence-electron chi connectivity index (χ3n) is 18.7. The molecule has 4 bridgehead atoms. The molecule has 19 atom stereocenters. The van der Waals surface area contributed by atoms with Gasteiger partial charge < -0.3 is 33.9 Å². The first-order valence-electron chi connectivity index (χ1n) is 27.3. The van der Waals surface area contributed by atoms with Crippen LogP contribution in [0.5, 0.6) is 0 Å². The van der Waals surface area contributed by atoms with Crippen LogP contribution in [-0.2, 0) is 52.5 Å². The first kappa shape index (κ1) is 78.1. The summed E-state index contributed by atoms with van der Waals surface area (Å²) in [5.41, 5.74) is -0.421. The van der Waals surface area contributed by atoms with E-state index < -0.39 is 11.4 Å². The Bertz CT molecular complexity index is 1780. The van der Waals surface area contributed by atoms with E-state index in [1.807, 2.05) is 69.2 Å². The number of aliphatic hydroxyl groups is 1. The maximum atomic E-state index is 11.9. The Balaban J connectivity index is -0.000000893. The van der Waals surface area contributed by atoms with Crippen LogP contribution in [0.3, 0.4) is 0 Å². The highest BCUT2D eigenvalue weighted by Crippen LogP contribution is 2.66. The first-order chi connectivity index (χ1) is 32.7. The van der Waals surface area contributed by atoms with Crippen molar-refractivity contribution in [2.75, 3.05) is 13.2 Å². The van der Waals surface area contributed by atoms with Gasteiger partial charge in [0.25, 0.3) is 0 Å². The molecule has 456 valence electrons. The van der Waals surface area contributed by atoms with Gasteiger partial charge in [0, 0.05) is 23.8 Å². The van der Waals surface area contributed by atoms with E-state index in [0.717, 1.165) is 93.8 Å². The summed E-state index contributed by atoms with van der Waals surface area (Å²) in [6.45, 7) is 20.9. The SMILES string of the molecule is C.C.C.C.C.C.C.C.CC1C(=O)N(C2CCCCC2)C(=O)C1C.CCC(C)(C)C(=O)OCCO.CCC(C)C(=O)O.CCC(C)C(=O)OC1CC2CC1C1C2CC2OC21.CCC(C)C(=O)OC1CC2CC1C1CC3OC3C21. The summed E-state index contributed by atoms with van der Waals surface area (Å²) in [6, 6.07) is 0.200. The zero-order chi connectivity index (χ0) is 50.6. The molecule has 0 aromatic rings. The van der Waals surface area contributed by atoms with Crippen molar-refractivity contribution in [3.63, 3.8) is 0 Å². The lowest BCUT2D eigenvalue weighted by molar-refractivity contribution is -0.159. The van der Waals surface area contributed by atoms with E-state index in [0.29, 0.717) is 42.2 Å². The van der Waals surface area contributed by atoms with Gasteiger partial charge in [0.1, 0.15) is 18.8 Å². The van der Waals surface area contributed by atoms with Gasteiger partial charge in [-0.1, -0.05) is 141 Å². The largest absolute Gasteiger partial charge is 0.481 e. The summed E-state index contributed by atoms with van der Waals surface area (Å²) >= 11 is 0. The number of imide groups is 1. The average Bonchev–Trinajstić information content (AvgIpc) is 3.72. The van der Waals surface area contributed by atoms with Crippen molar-refractivity contribution in [2.24, 2.45) is 82.3 Å². The minimum absolute atomic E-state index is 0. The van der Waals surface area contributed by atoms with Crippen LogP contribution in [0, 0.1) is 82.3 Å². The van der Waals surface area contributed by atoms with Crippen LogP contribution >= 0.6 is 0 Å². The molecule has 0 aromatic carbocycles. The smallest absolute Gasteiger partial charge is 0.311 e. The van der Waals surface area contributed by atoms with Crippen molar-refractivity contribution < 1.29 is 62.7 Å². The van der Waals surface area contributed by atoms with Gasteiger partial charge in [-0.15, -0.1) is 0 Å². The van der Waals surface area contributed by atoms with Crippen LogP contribution in [0.15, 0.2) is 0 Å². The fraction of sp³-hybridized carbons (Fsp3) is 0.905. The molecular weight excluding hydrogens is 979 g/mol. The predicted molar refractivity (Wildman–Crippen MR) is 312 cm³/mol. The van der Waals surface area contributed by atoms with Gasteiger partial charge >= 0.3 is 23.9 Å². The van der Waals surface area contributed by atoms with Crippen molar-refractivity contribution in [2.45, 2.75) is 275 Å². The lowest BCUT2D eigenvalue weighted by Gasteiger charge is -2.32. The Morgan fingerprint density at radius 1 is 0.610 bits per heavy atom. The lowest BCUT2D eigenvalue weighted by Crippen LogP contribution is -2.41. The zero-order valence-corrected chi connectivity index (χ0v) is 43.9. The molecule has 3 saturated heterocycles. The molecule has 2 amide bonds. The Morgan fingerprint density at radius 3 is 1.49 bits per heavy atom. The van der Waals surface area contributed by atoms with E-state index in [1.165, 1.54) is 32.1 Å². The number of carbonyl (C=O) groups excluding carboxylic acids is 5. The number of aliphatic hydroxyl groups excluding tert-OH is 1. The van der Waals surface area contributed by atoms with E-state index in [2.05, 4.69) is 0 Å². The molecule has 2 N–H and O–H groups in total. The van der Waals surface area contributed by atoms with Crippen LogP contribution in [-0.4, -0.2) is 107 Å². The summed E-state index contributed by atoms with van der Waals surface area (Å²) in [7, 11) is 0. The summed E-state index contributed by atoms with van der Waals surface area (Å²) in [6.07, 6.45) is 18.7. The molecule has 3 heterocycles. The van der Waals surface area contributed by atoms with E-state index >= 15 is 0 Å². The molecular formula is C63H121NO13. The highest BCUT2D eigenvalue weighted by Gasteiger charge is 2.68. The van der Waals surface area contributed by atoms with Crippen LogP contribution in [0.4, 0.5) is 0 Å². The molecule has 77 heavy (non-hydrogen) atoms. The quantitative estimate of drug-likeness (QED) is 0.0765. The zero-order valence-electron chi connectivity index (χ0n) is 43.9. The third kappa shape index (κ3) is 17.7. The standard InChI is InChI=1S/2C15H22O3.C12H19NO2.C8H16O3.C5H10O2.8CH4/c1-3-7(2)15(16)18-11-5-8-4-10(11)13-9(8)6-12-14(13)17-12;1-3-7(2)15(16)18-11-5-8-4-9(11)10-6-12-14(17-12)13(8)10;1-8-9(2)12(15)13(11(8)14)10-6-4-3-5-7-10;1-4-8(2,3)7(10)11-6-5-9;1-3-4(2)5(6)7;;;;;;;;/h2*7-14H,3-6H2,1-2H3;8-10H,3-7H2,1-2H3;9H,4-6H2,1-3H3;4H,3H2,1-2H3,(H,6,7);8*1H4. The monoisotopic (exact) mass is 1100 g/mol. The Kier molecular flexibility index (Phi) is 34.1. The summed E-state index contributed by atoms with van der Waals surface area (Å²) in [5, 5.41) is 16.6. The van der Waals surface area contributed by atoms with Crippen molar-refractivity contribution in [1.29, 1.82) is 0 Å². The van der Waals surface area contributed by atoms with Gasteiger partial charge in [-0.2, -0.15) is 0 Å². The van der Waals surface area contributed by atoms with Gasteiger partial charge in [0.05, 0.1) is 54.2 Å². The van der Waals surface area contributed by atoms with Crippen LogP contribution in [0.1, 0.15) is 232 Å². The number of carbonyl (C=O) groups is 6. The minimum Gasteiger partial charge on any atom is -0.481 e. The maximum Gasteiger partial charge on any atom is 0.311 e. The Hall–Kier alpha value is -3.10. The maximum absolute atomic E-state index is 11.9. The highest BCUT2D eigenvalue weighted by atomic mass is 16.6. The fourth-order valence-electron chi connectivity index (χ4n) is 13.0. The fourth-order valence-corrected chi connectivity index (χ4v) is 13.0. The lowest BCUT2D eigenvalue weighted by atomic mass is 9.79. The molecule has 10 aliphatic rings. The van der Waals surface area contributed by atoms with E-state index in [-0.39, 0.29) is 150 Å². The van der Waals surface area contributed by atoms with Crippen molar-refractivity contribution in [3.05, 3.63) is 0 Å². The van der Waals surface area contributed by atoms with Gasteiger partial charge in [-0.3, -0.25) is 33.7 Å². The average molecular weight is 1100 g/mol. The molecule has 3 aliphatic heterocycles.